The van der Waals surface area contributed by atoms with Crippen LogP contribution in [0.15, 0.2) is 11.6 Å². The summed E-state index contributed by atoms with van der Waals surface area (Å²) in [6.45, 7) is 14.5. The molecule has 2 nitrogen and oxygen atoms in total. The minimum Gasteiger partial charge on any atom is -0.370 e. The van der Waals surface area contributed by atoms with E-state index in [0.29, 0.717) is 16.7 Å². The number of fused-ring (bicyclic) bond motifs is 5. The molecule has 4 aliphatic rings. The van der Waals surface area contributed by atoms with Crippen molar-refractivity contribution in [3.8, 4) is 0 Å². The van der Waals surface area contributed by atoms with Crippen LogP contribution in [0.4, 0.5) is 0 Å². The average molecular weight is 428 g/mol. The fourth-order valence-corrected chi connectivity index (χ4v) is 8.91. The largest absolute Gasteiger partial charge is 0.370 e. The van der Waals surface area contributed by atoms with Crippen LogP contribution in [-0.2, 0) is 9.53 Å². The van der Waals surface area contributed by atoms with Crippen LogP contribution in [0.1, 0.15) is 98.3 Å². The van der Waals surface area contributed by atoms with Gasteiger partial charge in [-0.25, -0.2) is 0 Å². The highest BCUT2D eigenvalue weighted by atomic mass is 16.5. The molecule has 0 aromatic rings. The zero-order chi connectivity index (χ0) is 22.2. The van der Waals surface area contributed by atoms with E-state index in [1.54, 1.807) is 5.57 Å². The molecule has 2 heteroatoms. The first-order valence-electron chi connectivity index (χ1n) is 13.4. The van der Waals surface area contributed by atoms with Gasteiger partial charge in [0.05, 0.1) is 18.9 Å². The van der Waals surface area contributed by atoms with Gasteiger partial charge in [-0.1, -0.05) is 38.8 Å². The lowest BCUT2D eigenvalue weighted by Crippen LogP contribution is -2.51. The first-order chi connectivity index (χ1) is 14.8. The van der Waals surface area contributed by atoms with Gasteiger partial charge in [-0.05, 0) is 112 Å². The Balaban J connectivity index is 1.45. The van der Waals surface area contributed by atoms with Gasteiger partial charge in [0.25, 0.3) is 0 Å². The lowest BCUT2D eigenvalue weighted by molar-refractivity contribution is -0.115. The quantitative estimate of drug-likeness (QED) is 0.229. The molecule has 0 spiro atoms. The molecule has 4 aliphatic carbocycles. The van der Waals surface area contributed by atoms with Crippen molar-refractivity contribution in [1.29, 1.82) is 0 Å². The Bertz CT molecular complexity index is 666. The summed E-state index contributed by atoms with van der Waals surface area (Å²) in [5.74, 6) is 5.04. The van der Waals surface area contributed by atoms with E-state index in [1.165, 1.54) is 57.8 Å². The molecule has 0 N–H and O–H groups in total. The summed E-state index contributed by atoms with van der Waals surface area (Å²) < 4.78 is 5.82. The van der Waals surface area contributed by atoms with E-state index < -0.39 is 0 Å². The Labute approximate surface area is 192 Å². The van der Waals surface area contributed by atoms with E-state index in [9.17, 15) is 4.79 Å². The van der Waals surface area contributed by atoms with Crippen LogP contribution < -0.4 is 0 Å². The Hall–Kier alpha value is -0.760. The molecule has 4 rings (SSSR count). The average Bonchev–Trinajstić information content (AvgIpc) is 3.09. The topological polar surface area (TPSA) is 26.3 Å². The molecule has 0 saturated heterocycles. The highest BCUT2D eigenvalue weighted by Gasteiger charge is 2.59. The maximum atomic E-state index is 10.7. The molecule has 4 unspecified atom stereocenters. The summed E-state index contributed by atoms with van der Waals surface area (Å²) in [6.07, 6.45) is 18.3. The minimum atomic E-state index is 0.257. The van der Waals surface area contributed by atoms with Gasteiger partial charge in [0.15, 0.2) is 0 Å². The standard InChI is InChI=1S/C29H47O2/c1-20(2)7-6-8-21(3)25-11-12-26-24-10-9-22-19-23(31-18-17-30)13-15-28(22,4)27(24)14-16-29(25,26)5/h9,17,20-21,23-27H,1,6-8,10-16,18-19H2,2-5H3/q+1/t20?,21-,23+,24?,25-,26?,27?,28+,29-/m1/s1. The molecular weight excluding hydrogens is 380 g/mol. The van der Waals surface area contributed by atoms with Crippen molar-refractivity contribution >= 4 is 6.29 Å². The number of allylic oxidation sites excluding steroid dienone is 1. The van der Waals surface area contributed by atoms with Gasteiger partial charge >= 0.3 is 0 Å². The molecule has 0 aromatic heterocycles. The molecule has 3 fully saturated rings. The van der Waals surface area contributed by atoms with E-state index in [1.807, 2.05) is 0 Å². The van der Waals surface area contributed by atoms with E-state index in [-0.39, 0.29) is 12.7 Å². The number of carbonyl (C=O) groups is 1. The number of hydrogen-bond donors (Lipinski definition) is 0. The molecule has 0 aliphatic heterocycles. The van der Waals surface area contributed by atoms with Gasteiger partial charge in [0.2, 0.25) is 0 Å². The second kappa shape index (κ2) is 9.24. The monoisotopic (exact) mass is 427 g/mol. The smallest absolute Gasteiger partial charge is 0.145 e. The Morgan fingerprint density at radius 2 is 1.94 bits per heavy atom. The molecular formula is C29H47O2+. The third kappa shape index (κ3) is 4.28. The van der Waals surface area contributed by atoms with Crippen LogP contribution in [0.5, 0.6) is 0 Å². The van der Waals surface area contributed by atoms with Crippen molar-refractivity contribution < 1.29 is 9.53 Å². The van der Waals surface area contributed by atoms with Crippen LogP contribution >= 0.6 is 0 Å². The Morgan fingerprint density at radius 3 is 2.68 bits per heavy atom. The summed E-state index contributed by atoms with van der Waals surface area (Å²) in [6, 6.07) is 0. The normalized spacial score (nSPS) is 43.9. The first-order valence-corrected chi connectivity index (χ1v) is 13.4. The van der Waals surface area contributed by atoms with Crippen molar-refractivity contribution in [3.63, 3.8) is 0 Å². The Morgan fingerprint density at radius 1 is 1.13 bits per heavy atom. The van der Waals surface area contributed by atoms with Crippen LogP contribution in [0.2, 0.25) is 0 Å². The molecule has 0 aromatic carbocycles. The van der Waals surface area contributed by atoms with Gasteiger partial charge in [0, 0.05) is 0 Å². The van der Waals surface area contributed by atoms with Gasteiger partial charge in [0.1, 0.15) is 12.9 Å². The fraction of sp³-hybridized carbons (Fsp3) is 0.862. The van der Waals surface area contributed by atoms with Crippen LogP contribution in [0.25, 0.3) is 0 Å². The van der Waals surface area contributed by atoms with Crippen molar-refractivity contribution in [3.05, 3.63) is 18.6 Å². The van der Waals surface area contributed by atoms with Crippen molar-refractivity contribution in [1.82, 2.24) is 0 Å². The van der Waals surface area contributed by atoms with E-state index in [4.69, 9.17) is 4.74 Å². The predicted molar refractivity (Wildman–Crippen MR) is 129 cm³/mol. The van der Waals surface area contributed by atoms with E-state index in [2.05, 4.69) is 40.7 Å². The van der Waals surface area contributed by atoms with Crippen LogP contribution in [0.3, 0.4) is 0 Å². The number of ether oxygens (including phenoxy) is 1. The van der Waals surface area contributed by atoms with Crippen molar-refractivity contribution in [2.24, 2.45) is 46.3 Å². The summed E-state index contributed by atoms with van der Waals surface area (Å²) in [5.41, 5.74) is 2.59. The molecule has 0 radical (unpaired) electrons. The molecule has 0 bridgehead atoms. The second-order valence-electron chi connectivity index (χ2n) is 12.4. The number of rotatable bonds is 8. The predicted octanol–water partition coefficient (Wildman–Crippen LogP) is 7.43. The van der Waals surface area contributed by atoms with E-state index in [0.717, 1.165) is 48.7 Å². The summed E-state index contributed by atoms with van der Waals surface area (Å²) in [4.78, 5) is 10.7. The van der Waals surface area contributed by atoms with Gasteiger partial charge in [-0.3, -0.25) is 0 Å². The molecule has 0 amide bonds. The SMILES string of the molecule is [CH2+]C(C)CCC[C@@H](C)[C@H]1CCC2C3CC=C4C[C@@H](OCC=O)CC[C@]4(C)C3CC[C@@]21C. The van der Waals surface area contributed by atoms with Crippen molar-refractivity contribution in [2.75, 3.05) is 6.61 Å². The molecule has 3 saturated carbocycles. The first kappa shape index (κ1) is 23.4. The molecule has 0 heterocycles. The lowest BCUT2D eigenvalue weighted by Gasteiger charge is -2.58. The number of hydrogen-bond acceptors (Lipinski definition) is 2. The van der Waals surface area contributed by atoms with Gasteiger partial charge in [-0.2, -0.15) is 0 Å². The molecule has 31 heavy (non-hydrogen) atoms. The number of aldehydes is 1. The third-order valence-electron chi connectivity index (χ3n) is 10.6. The molecule has 9 atom stereocenters. The summed E-state index contributed by atoms with van der Waals surface area (Å²) in [7, 11) is 0. The van der Waals surface area contributed by atoms with Crippen LogP contribution in [0, 0.1) is 53.3 Å². The number of carbonyl (C=O) groups excluding carboxylic acids is 1. The highest BCUT2D eigenvalue weighted by molar-refractivity contribution is 5.50. The maximum Gasteiger partial charge on any atom is 0.145 e. The zero-order valence-corrected chi connectivity index (χ0v) is 20.7. The summed E-state index contributed by atoms with van der Waals surface area (Å²) >= 11 is 0. The Kier molecular flexibility index (Phi) is 6.97. The highest BCUT2D eigenvalue weighted by Crippen LogP contribution is 2.67. The third-order valence-corrected chi connectivity index (χ3v) is 10.6. The zero-order valence-electron chi connectivity index (χ0n) is 20.7. The van der Waals surface area contributed by atoms with Crippen molar-refractivity contribution in [2.45, 2.75) is 104 Å². The summed E-state index contributed by atoms with van der Waals surface area (Å²) in [5, 5.41) is 0. The van der Waals surface area contributed by atoms with E-state index >= 15 is 0 Å². The maximum absolute atomic E-state index is 10.7. The second-order valence-corrected chi connectivity index (χ2v) is 12.4. The molecule has 174 valence electrons. The fourth-order valence-electron chi connectivity index (χ4n) is 8.91. The minimum absolute atomic E-state index is 0.257. The van der Waals surface area contributed by atoms with Gasteiger partial charge < -0.3 is 9.53 Å². The van der Waals surface area contributed by atoms with Gasteiger partial charge in [-0.15, -0.1) is 0 Å². The van der Waals surface area contributed by atoms with Crippen LogP contribution in [-0.4, -0.2) is 19.0 Å². The lowest BCUT2D eigenvalue weighted by atomic mass is 9.47.